The largest absolute Gasteiger partial charge is 0.497 e. The molecule has 0 aromatic carbocycles. The molecule has 0 unspecified atom stereocenters. The third kappa shape index (κ3) is 2.96. The van der Waals surface area contributed by atoms with Crippen molar-refractivity contribution in [3.05, 3.63) is 35.3 Å². The maximum atomic E-state index is 5.38. The van der Waals surface area contributed by atoms with Gasteiger partial charge < -0.3 is 15.0 Å². The molecule has 0 radical (unpaired) electrons. The number of allylic oxidation sites excluding steroid dienone is 4. The van der Waals surface area contributed by atoms with Crippen molar-refractivity contribution in [1.82, 2.24) is 10.2 Å². The van der Waals surface area contributed by atoms with E-state index in [9.17, 15) is 0 Å². The van der Waals surface area contributed by atoms with E-state index in [1.807, 2.05) is 0 Å². The summed E-state index contributed by atoms with van der Waals surface area (Å²) in [6.45, 7) is 4.42. The molecule has 0 aromatic heterocycles. The molecular formula is C15H24N2O. The van der Waals surface area contributed by atoms with Crippen LogP contribution in [0.2, 0.25) is 0 Å². The number of nitrogens with one attached hydrogen (secondary N) is 1. The fourth-order valence-electron chi connectivity index (χ4n) is 2.63. The Labute approximate surface area is 110 Å². The Kier molecular flexibility index (Phi) is 4.48. The summed E-state index contributed by atoms with van der Waals surface area (Å²) in [5, 5.41) is 3.37. The van der Waals surface area contributed by atoms with Gasteiger partial charge in [0.15, 0.2) is 0 Å². The average molecular weight is 248 g/mol. The number of rotatable bonds is 3. The van der Waals surface area contributed by atoms with Crippen molar-refractivity contribution in [2.75, 3.05) is 27.2 Å². The third-order valence-corrected chi connectivity index (χ3v) is 3.93. The van der Waals surface area contributed by atoms with E-state index in [-0.39, 0.29) is 0 Å². The molecule has 18 heavy (non-hydrogen) atoms. The van der Waals surface area contributed by atoms with Crippen LogP contribution in [0.3, 0.4) is 0 Å². The summed E-state index contributed by atoms with van der Waals surface area (Å²) < 4.78 is 5.38. The number of methoxy groups -OCH3 is 1. The molecule has 3 heteroatoms. The maximum Gasteiger partial charge on any atom is 0.118 e. The number of likely N-dealkylation sites (tertiary alicyclic amines) is 1. The van der Waals surface area contributed by atoms with Crippen molar-refractivity contribution < 1.29 is 4.74 Å². The summed E-state index contributed by atoms with van der Waals surface area (Å²) in [7, 11) is 3.80. The molecule has 0 aromatic rings. The van der Waals surface area contributed by atoms with Crippen molar-refractivity contribution in [3.8, 4) is 0 Å². The first-order chi connectivity index (χ1) is 8.74. The maximum absolute atomic E-state index is 5.38. The monoisotopic (exact) mass is 248 g/mol. The number of ether oxygens (including phenoxy) is 1. The van der Waals surface area contributed by atoms with Crippen LogP contribution in [0.5, 0.6) is 0 Å². The second kappa shape index (κ2) is 6.10. The highest BCUT2D eigenvalue weighted by Gasteiger charge is 2.19. The van der Waals surface area contributed by atoms with Crippen molar-refractivity contribution in [3.63, 3.8) is 0 Å². The minimum Gasteiger partial charge on any atom is -0.497 e. The summed E-state index contributed by atoms with van der Waals surface area (Å²) in [5.74, 6) is 1.01. The topological polar surface area (TPSA) is 24.5 Å². The van der Waals surface area contributed by atoms with Gasteiger partial charge in [-0.2, -0.15) is 0 Å². The molecule has 0 saturated carbocycles. The quantitative estimate of drug-likeness (QED) is 0.830. The van der Waals surface area contributed by atoms with Gasteiger partial charge in [-0.05, 0) is 51.0 Å². The van der Waals surface area contributed by atoms with Crippen LogP contribution < -0.4 is 5.32 Å². The van der Waals surface area contributed by atoms with Crippen molar-refractivity contribution in [2.24, 2.45) is 0 Å². The lowest BCUT2D eigenvalue weighted by molar-refractivity contribution is 0.253. The molecule has 1 aliphatic heterocycles. The SMILES string of the molecule is CNC1CCN(C2=CCC(C)=C(OC)C=C2)CC1. The predicted molar refractivity (Wildman–Crippen MR) is 75.2 cm³/mol. The molecule has 1 saturated heterocycles. The molecule has 0 spiro atoms. The molecule has 0 bridgehead atoms. The number of piperidine rings is 1. The summed E-state index contributed by atoms with van der Waals surface area (Å²) >= 11 is 0. The van der Waals surface area contributed by atoms with Crippen molar-refractivity contribution in [1.29, 1.82) is 0 Å². The normalized spacial score (nSPS) is 21.9. The predicted octanol–water partition coefficient (Wildman–Crippen LogP) is 2.43. The van der Waals surface area contributed by atoms with E-state index in [0.717, 1.165) is 25.3 Å². The van der Waals surface area contributed by atoms with Crippen LogP contribution in [-0.4, -0.2) is 38.2 Å². The zero-order valence-corrected chi connectivity index (χ0v) is 11.7. The molecule has 0 atom stereocenters. The average Bonchev–Trinajstić information content (AvgIpc) is 2.61. The highest BCUT2D eigenvalue weighted by molar-refractivity contribution is 5.32. The smallest absolute Gasteiger partial charge is 0.118 e. The molecule has 3 nitrogen and oxygen atoms in total. The van der Waals surface area contributed by atoms with Gasteiger partial charge in [0.2, 0.25) is 0 Å². The zero-order valence-electron chi connectivity index (χ0n) is 11.7. The lowest BCUT2D eigenvalue weighted by Gasteiger charge is -2.34. The first kappa shape index (κ1) is 13.2. The van der Waals surface area contributed by atoms with Gasteiger partial charge in [-0.25, -0.2) is 0 Å². The molecule has 1 N–H and O–H groups in total. The molecule has 100 valence electrons. The molecule has 1 aliphatic carbocycles. The van der Waals surface area contributed by atoms with E-state index in [2.05, 4.69) is 42.4 Å². The molecule has 2 aliphatic rings. The van der Waals surface area contributed by atoms with Gasteiger partial charge in [-0.3, -0.25) is 0 Å². The van der Waals surface area contributed by atoms with Crippen molar-refractivity contribution in [2.45, 2.75) is 32.2 Å². The van der Waals surface area contributed by atoms with Crippen LogP contribution in [0.4, 0.5) is 0 Å². The van der Waals surface area contributed by atoms with Crippen LogP contribution >= 0.6 is 0 Å². The molecule has 1 fully saturated rings. The molecule has 1 heterocycles. The van der Waals surface area contributed by atoms with Gasteiger partial charge in [0, 0.05) is 24.8 Å². The standard InChI is InChI=1S/C15H24N2O/c1-12-4-5-14(6-7-15(12)18-3)17-10-8-13(16-2)9-11-17/h5-7,13,16H,4,8-11H2,1-3H3. The fourth-order valence-corrected chi connectivity index (χ4v) is 2.63. The third-order valence-electron chi connectivity index (χ3n) is 3.93. The Morgan fingerprint density at radius 3 is 2.61 bits per heavy atom. The Morgan fingerprint density at radius 2 is 2.00 bits per heavy atom. The summed E-state index contributed by atoms with van der Waals surface area (Å²) in [6, 6.07) is 0.686. The summed E-state index contributed by atoms with van der Waals surface area (Å²) in [6.07, 6.45) is 10.0. The van der Waals surface area contributed by atoms with Gasteiger partial charge in [0.05, 0.1) is 7.11 Å². The van der Waals surface area contributed by atoms with Crippen LogP contribution in [0.1, 0.15) is 26.2 Å². The van der Waals surface area contributed by atoms with Crippen LogP contribution in [0.15, 0.2) is 35.3 Å². The first-order valence-corrected chi connectivity index (χ1v) is 6.78. The minimum atomic E-state index is 0.686. The second-order valence-corrected chi connectivity index (χ2v) is 5.07. The number of nitrogens with zero attached hydrogens (tertiary/aromatic N) is 1. The van der Waals surface area contributed by atoms with E-state index in [0.29, 0.717) is 6.04 Å². The Morgan fingerprint density at radius 1 is 1.28 bits per heavy atom. The van der Waals surface area contributed by atoms with E-state index in [1.54, 1.807) is 7.11 Å². The van der Waals surface area contributed by atoms with Gasteiger partial charge in [0.25, 0.3) is 0 Å². The number of hydrogen-bond donors (Lipinski definition) is 1. The number of hydrogen-bond acceptors (Lipinski definition) is 3. The summed E-state index contributed by atoms with van der Waals surface area (Å²) in [5.41, 5.74) is 2.64. The Bertz CT molecular complexity index is 374. The zero-order chi connectivity index (χ0) is 13.0. The van der Waals surface area contributed by atoms with Crippen LogP contribution in [0.25, 0.3) is 0 Å². The van der Waals surface area contributed by atoms with E-state index >= 15 is 0 Å². The lowest BCUT2D eigenvalue weighted by Crippen LogP contribution is -2.40. The van der Waals surface area contributed by atoms with E-state index in [1.165, 1.54) is 24.1 Å². The van der Waals surface area contributed by atoms with Gasteiger partial charge in [-0.15, -0.1) is 0 Å². The van der Waals surface area contributed by atoms with Gasteiger partial charge in [-0.1, -0.05) is 6.08 Å². The highest BCUT2D eigenvalue weighted by atomic mass is 16.5. The lowest BCUT2D eigenvalue weighted by atomic mass is 10.0. The molecular weight excluding hydrogens is 224 g/mol. The van der Waals surface area contributed by atoms with E-state index < -0.39 is 0 Å². The molecule has 2 rings (SSSR count). The minimum absolute atomic E-state index is 0.686. The summed E-state index contributed by atoms with van der Waals surface area (Å²) in [4.78, 5) is 2.48. The fraction of sp³-hybridized carbons (Fsp3) is 0.600. The van der Waals surface area contributed by atoms with Crippen LogP contribution in [-0.2, 0) is 4.74 Å². The van der Waals surface area contributed by atoms with Crippen molar-refractivity contribution >= 4 is 0 Å². The first-order valence-electron chi connectivity index (χ1n) is 6.78. The van der Waals surface area contributed by atoms with Crippen LogP contribution in [0, 0.1) is 0 Å². The Hall–Kier alpha value is -1.22. The second-order valence-electron chi connectivity index (χ2n) is 5.07. The van der Waals surface area contributed by atoms with Gasteiger partial charge in [0.1, 0.15) is 5.76 Å². The Balaban J connectivity index is 2.00. The molecule has 0 amide bonds. The van der Waals surface area contributed by atoms with Gasteiger partial charge >= 0.3 is 0 Å². The highest BCUT2D eigenvalue weighted by Crippen LogP contribution is 2.22. The van der Waals surface area contributed by atoms with E-state index in [4.69, 9.17) is 4.74 Å².